The molecule has 0 radical (unpaired) electrons. The Morgan fingerprint density at radius 1 is 1.33 bits per heavy atom. The van der Waals surface area contributed by atoms with E-state index in [1.54, 1.807) is 5.01 Å². The third kappa shape index (κ3) is 2.18. The summed E-state index contributed by atoms with van der Waals surface area (Å²) in [6.07, 6.45) is -0.305. The lowest BCUT2D eigenvalue weighted by Gasteiger charge is -2.36. The predicted molar refractivity (Wildman–Crippen MR) is 79.1 cm³/mol. The Kier molecular flexibility index (Phi) is 3.40. The van der Waals surface area contributed by atoms with E-state index in [9.17, 15) is 10.1 Å². The Hall–Kier alpha value is -2.32. The van der Waals surface area contributed by atoms with Crippen molar-refractivity contribution in [2.45, 2.75) is 20.0 Å². The number of carbonyl (C=O) groups excluding carboxylic acids is 1. The molecule has 21 heavy (non-hydrogen) atoms. The van der Waals surface area contributed by atoms with Crippen LogP contribution in [-0.4, -0.2) is 23.6 Å². The summed E-state index contributed by atoms with van der Waals surface area (Å²) in [5, 5.41) is 14.2. The number of hydrogen-bond donors (Lipinski definition) is 2. The van der Waals surface area contributed by atoms with Crippen molar-refractivity contribution in [3.63, 3.8) is 0 Å². The number of nitrogens with one attached hydrogen (secondary N) is 2. The molecule has 5 heteroatoms. The number of fused-ring (bicyclic) bond motifs is 1. The average molecular weight is 282 g/mol. The number of carbonyl (C=O) groups is 1. The van der Waals surface area contributed by atoms with Gasteiger partial charge in [0.25, 0.3) is 5.91 Å². The second-order valence-electron chi connectivity index (χ2n) is 5.67. The minimum absolute atomic E-state index is 0.0367. The van der Waals surface area contributed by atoms with Gasteiger partial charge in [0.15, 0.2) is 0 Å². The van der Waals surface area contributed by atoms with Crippen molar-refractivity contribution >= 4 is 11.6 Å². The van der Waals surface area contributed by atoms with Gasteiger partial charge >= 0.3 is 0 Å². The molecule has 1 saturated heterocycles. The van der Waals surface area contributed by atoms with E-state index < -0.39 is 0 Å². The van der Waals surface area contributed by atoms with Gasteiger partial charge < -0.3 is 5.32 Å². The minimum Gasteiger partial charge on any atom is -0.362 e. The molecule has 2 heterocycles. The molecule has 0 spiro atoms. The van der Waals surface area contributed by atoms with Crippen LogP contribution in [0.5, 0.6) is 0 Å². The van der Waals surface area contributed by atoms with Crippen molar-refractivity contribution in [2.24, 2.45) is 11.8 Å². The monoisotopic (exact) mass is 282 g/mol. The van der Waals surface area contributed by atoms with Crippen molar-refractivity contribution in [2.75, 3.05) is 6.54 Å². The molecule has 0 bridgehead atoms. The summed E-state index contributed by atoms with van der Waals surface area (Å²) in [5.41, 5.74) is 5.62. The summed E-state index contributed by atoms with van der Waals surface area (Å²) in [5.74, 6) is -0.184. The highest BCUT2D eigenvalue weighted by Crippen LogP contribution is 2.31. The quantitative estimate of drug-likeness (QED) is 0.862. The van der Waals surface area contributed by atoms with Crippen LogP contribution in [0.25, 0.3) is 5.70 Å². The molecule has 1 amide bonds. The smallest absolute Gasteiger partial charge is 0.268 e. The number of rotatable bonds is 2. The van der Waals surface area contributed by atoms with Crippen LogP contribution < -0.4 is 10.7 Å². The van der Waals surface area contributed by atoms with E-state index in [0.717, 1.165) is 16.8 Å². The fourth-order valence-electron chi connectivity index (χ4n) is 2.91. The molecule has 1 aromatic carbocycles. The van der Waals surface area contributed by atoms with E-state index in [2.05, 4.69) is 16.8 Å². The molecular weight excluding hydrogens is 264 g/mol. The first kappa shape index (κ1) is 13.7. The molecule has 1 aromatic rings. The Labute approximate surface area is 124 Å². The van der Waals surface area contributed by atoms with Crippen molar-refractivity contribution in [3.8, 4) is 6.07 Å². The molecule has 2 N–H and O–H groups in total. The van der Waals surface area contributed by atoms with E-state index >= 15 is 0 Å². The maximum absolute atomic E-state index is 12.7. The normalized spacial score (nSPS) is 24.9. The topological polar surface area (TPSA) is 68.2 Å². The van der Waals surface area contributed by atoms with Crippen molar-refractivity contribution in [3.05, 3.63) is 41.5 Å². The molecule has 2 aliphatic heterocycles. The van der Waals surface area contributed by atoms with Gasteiger partial charge in [-0.3, -0.25) is 9.80 Å². The molecule has 0 saturated carbocycles. The summed E-state index contributed by atoms with van der Waals surface area (Å²) >= 11 is 0. The van der Waals surface area contributed by atoms with Crippen LogP contribution >= 0.6 is 0 Å². The van der Waals surface area contributed by atoms with E-state index in [0.29, 0.717) is 6.54 Å². The molecule has 0 aliphatic carbocycles. The van der Waals surface area contributed by atoms with Crippen LogP contribution in [0.15, 0.2) is 35.9 Å². The molecule has 1 fully saturated rings. The molecule has 108 valence electrons. The van der Waals surface area contributed by atoms with Gasteiger partial charge in [0.05, 0.1) is 11.8 Å². The van der Waals surface area contributed by atoms with Crippen molar-refractivity contribution in [1.29, 1.82) is 5.26 Å². The lowest BCUT2D eigenvalue weighted by atomic mass is 9.93. The zero-order valence-corrected chi connectivity index (χ0v) is 12.1. The van der Waals surface area contributed by atoms with Gasteiger partial charge in [-0.2, -0.15) is 5.26 Å². The lowest BCUT2D eigenvalue weighted by molar-refractivity contribution is -0.132. The van der Waals surface area contributed by atoms with Crippen LogP contribution in [0.4, 0.5) is 0 Å². The van der Waals surface area contributed by atoms with Crippen molar-refractivity contribution < 1.29 is 4.79 Å². The van der Waals surface area contributed by atoms with Gasteiger partial charge in [-0.25, -0.2) is 5.43 Å². The van der Waals surface area contributed by atoms with Crippen LogP contribution in [-0.2, 0) is 4.79 Å². The number of hydrazine groups is 1. The number of hydrogen-bond acceptors (Lipinski definition) is 4. The highest BCUT2D eigenvalue weighted by molar-refractivity contribution is 6.02. The van der Waals surface area contributed by atoms with Gasteiger partial charge in [0.1, 0.15) is 12.1 Å². The molecule has 2 atom stereocenters. The Morgan fingerprint density at radius 3 is 2.67 bits per heavy atom. The van der Waals surface area contributed by atoms with Gasteiger partial charge in [0, 0.05) is 12.1 Å². The standard InChI is InChI=1S/C16H18N4O/c1-10(2)13-14(11-6-4-3-5-7-11)19-15-12(8-17)9-18-20(15)16(13)21/h3-7,10,12,15,18-19H,9H2,1-2H3. The second-order valence-corrected chi connectivity index (χ2v) is 5.67. The zero-order chi connectivity index (χ0) is 15.0. The predicted octanol–water partition coefficient (Wildman–Crippen LogP) is 1.47. The van der Waals surface area contributed by atoms with Gasteiger partial charge in [-0.05, 0) is 11.5 Å². The van der Waals surface area contributed by atoms with Gasteiger partial charge in [-0.15, -0.1) is 0 Å². The highest BCUT2D eigenvalue weighted by Gasteiger charge is 2.43. The Balaban J connectivity index is 2.09. The van der Waals surface area contributed by atoms with Crippen LogP contribution in [0.1, 0.15) is 19.4 Å². The summed E-state index contributed by atoms with van der Waals surface area (Å²) in [6, 6.07) is 12.1. The van der Waals surface area contributed by atoms with E-state index in [4.69, 9.17) is 0 Å². The minimum atomic E-state index is -0.305. The van der Waals surface area contributed by atoms with Gasteiger partial charge in [0.2, 0.25) is 0 Å². The van der Waals surface area contributed by atoms with Gasteiger partial charge in [-0.1, -0.05) is 44.2 Å². The number of amides is 1. The lowest BCUT2D eigenvalue weighted by Crippen LogP contribution is -2.55. The van der Waals surface area contributed by atoms with E-state index in [1.165, 1.54) is 0 Å². The average Bonchev–Trinajstić information content (AvgIpc) is 2.91. The van der Waals surface area contributed by atoms with Crippen LogP contribution in [0.2, 0.25) is 0 Å². The Morgan fingerprint density at radius 2 is 2.05 bits per heavy atom. The third-order valence-electron chi connectivity index (χ3n) is 3.96. The molecule has 2 unspecified atom stereocenters. The molecule has 0 aromatic heterocycles. The maximum atomic E-state index is 12.7. The molecule has 3 rings (SSSR count). The SMILES string of the molecule is CC(C)C1=C(c2ccccc2)NC2C(C#N)CNN2C1=O. The molecule has 5 nitrogen and oxygen atoms in total. The summed E-state index contributed by atoms with van der Waals surface area (Å²) in [7, 11) is 0. The number of nitriles is 1. The van der Waals surface area contributed by atoms with E-state index in [-0.39, 0.29) is 23.9 Å². The number of benzene rings is 1. The highest BCUT2D eigenvalue weighted by atomic mass is 16.2. The second kappa shape index (κ2) is 5.23. The zero-order valence-electron chi connectivity index (χ0n) is 12.1. The first-order valence-electron chi connectivity index (χ1n) is 7.16. The fraction of sp³-hybridized carbons (Fsp3) is 0.375. The Bertz CT molecular complexity index is 629. The largest absolute Gasteiger partial charge is 0.362 e. The number of nitrogens with zero attached hydrogens (tertiary/aromatic N) is 2. The summed E-state index contributed by atoms with van der Waals surface area (Å²) < 4.78 is 0. The fourth-order valence-corrected chi connectivity index (χ4v) is 2.91. The summed E-state index contributed by atoms with van der Waals surface area (Å²) in [4.78, 5) is 12.7. The van der Waals surface area contributed by atoms with Crippen molar-refractivity contribution in [1.82, 2.24) is 15.8 Å². The molecular formula is C16H18N4O. The maximum Gasteiger partial charge on any atom is 0.268 e. The molecule has 2 aliphatic rings. The van der Waals surface area contributed by atoms with E-state index in [1.807, 2.05) is 44.2 Å². The first-order valence-corrected chi connectivity index (χ1v) is 7.16. The van der Waals surface area contributed by atoms with Crippen LogP contribution in [0.3, 0.4) is 0 Å². The first-order chi connectivity index (χ1) is 10.1. The third-order valence-corrected chi connectivity index (χ3v) is 3.96. The summed E-state index contributed by atoms with van der Waals surface area (Å²) in [6.45, 7) is 4.51. The van der Waals surface area contributed by atoms with Crippen LogP contribution in [0, 0.1) is 23.2 Å².